The molecule has 2 heterocycles. The predicted octanol–water partition coefficient (Wildman–Crippen LogP) is 2.31. The maximum absolute atomic E-state index is 13.0. The van der Waals surface area contributed by atoms with E-state index in [0.717, 1.165) is 4.57 Å². The van der Waals surface area contributed by atoms with Crippen molar-refractivity contribution in [1.29, 1.82) is 0 Å². The van der Waals surface area contributed by atoms with Gasteiger partial charge in [0.15, 0.2) is 11.2 Å². The van der Waals surface area contributed by atoms with Crippen LogP contribution in [0.5, 0.6) is 0 Å². The summed E-state index contributed by atoms with van der Waals surface area (Å²) in [5.74, 6) is -0.503. The van der Waals surface area contributed by atoms with Crippen LogP contribution in [0.25, 0.3) is 16.9 Å². The van der Waals surface area contributed by atoms with Crippen molar-refractivity contribution in [3.05, 3.63) is 69.1 Å². The lowest BCUT2D eigenvalue weighted by molar-refractivity contribution is -0.146. The van der Waals surface area contributed by atoms with Gasteiger partial charge in [-0.05, 0) is 32.0 Å². The maximum atomic E-state index is 13.0. The minimum absolute atomic E-state index is 0.00708. The fourth-order valence-corrected chi connectivity index (χ4v) is 3.14. The number of nitrogens with zero attached hydrogens (tertiary/aromatic N) is 4. The Bertz CT molecular complexity index is 1170. The molecule has 8 nitrogen and oxygen atoms in total. The van der Waals surface area contributed by atoms with Crippen LogP contribution in [0, 0.1) is 0 Å². The number of allylic oxidation sites excluding steroid dienone is 1. The first-order valence-electron chi connectivity index (χ1n) is 8.66. The quantitative estimate of drug-likeness (QED) is 0.466. The Hall–Kier alpha value is -3.13. The zero-order valence-corrected chi connectivity index (χ0v) is 16.2. The van der Waals surface area contributed by atoms with E-state index in [-0.39, 0.29) is 24.3 Å². The Balaban J connectivity index is 2.38. The van der Waals surface area contributed by atoms with E-state index in [2.05, 4.69) is 11.6 Å². The van der Waals surface area contributed by atoms with Gasteiger partial charge in [0.2, 0.25) is 0 Å². The van der Waals surface area contributed by atoms with Crippen molar-refractivity contribution in [2.45, 2.75) is 26.4 Å². The SMILES string of the molecule is C=CCn1c(=O)c2c(ncn2C(C)C(=O)OCC)n(-c2cccc(Cl)c2)c1=O. The number of halogens is 1. The highest BCUT2D eigenvalue weighted by molar-refractivity contribution is 6.30. The molecule has 0 saturated heterocycles. The molecule has 0 amide bonds. The van der Waals surface area contributed by atoms with Crippen LogP contribution >= 0.6 is 11.6 Å². The van der Waals surface area contributed by atoms with Gasteiger partial charge >= 0.3 is 11.7 Å². The average Bonchev–Trinajstić information content (AvgIpc) is 3.09. The van der Waals surface area contributed by atoms with Crippen LogP contribution in [0.3, 0.4) is 0 Å². The topological polar surface area (TPSA) is 88.1 Å². The molecule has 0 aliphatic rings. The van der Waals surface area contributed by atoms with Crippen LogP contribution < -0.4 is 11.2 Å². The molecule has 146 valence electrons. The van der Waals surface area contributed by atoms with Crippen molar-refractivity contribution in [3.63, 3.8) is 0 Å². The van der Waals surface area contributed by atoms with Crippen LogP contribution in [0.15, 0.2) is 52.8 Å². The number of hydrogen-bond acceptors (Lipinski definition) is 5. The Morgan fingerprint density at radius 2 is 2.14 bits per heavy atom. The third kappa shape index (κ3) is 3.27. The lowest BCUT2D eigenvalue weighted by Gasteiger charge is -2.15. The molecule has 0 bridgehead atoms. The van der Waals surface area contributed by atoms with Crippen LogP contribution in [0.2, 0.25) is 5.02 Å². The molecule has 28 heavy (non-hydrogen) atoms. The summed E-state index contributed by atoms with van der Waals surface area (Å²) in [7, 11) is 0. The number of carbonyl (C=O) groups is 1. The molecule has 1 atom stereocenters. The van der Waals surface area contributed by atoms with Crippen molar-refractivity contribution in [3.8, 4) is 5.69 Å². The Labute approximate surface area is 165 Å². The van der Waals surface area contributed by atoms with Crippen molar-refractivity contribution >= 4 is 28.7 Å². The first-order valence-corrected chi connectivity index (χ1v) is 9.04. The lowest BCUT2D eigenvalue weighted by atomic mass is 10.3. The smallest absolute Gasteiger partial charge is 0.337 e. The first kappa shape index (κ1) is 19.6. The summed E-state index contributed by atoms with van der Waals surface area (Å²) >= 11 is 6.08. The molecule has 9 heteroatoms. The van der Waals surface area contributed by atoms with Crippen LogP contribution in [-0.2, 0) is 16.1 Å². The normalized spacial score (nSPS) is 12.1. The van der Waals surface area contributed by atoms with Crippen molar-refractivity contribution in [2.75, 3.05) is 6.61 Å². The fourth-order valence-electron chi connectivity index (χ4n) is 2.96. The molecule has 0 aliphatic heterocycles. The summed E-state index contributed by atoms with van der Waals surface area (Å²) in [6, 6.07) is 5.86. The van der Waals surface area contributed by atoms with Gasteiger partial charge in [-0.2, -0.15) is 0 Å². The number of esters is 1. The highest BCUT2D eigenvalue weighted by Gasteiger charge is 2.24. The second-order valence-electron chi connectivity index (χ2n) is 6.05. The van der Waals surface area contributed by atoms with E-state index >= 15 is 0 Å². The van der Waals surface area contributed by atoms with E-state index in [1.807, 2.05) is 0 Å². The second kappa shape index (κ2) is 7.85. The Kier molecular flexibility index (Phi) is 5.51. The van der Waals surface area contributed by atoms with Crippen LogP contribution in [-0.4, -0.2) is 31.3 Å². The minimum Gasteiger partial charge on any atom is -0.464 e. The van der Waals surface area contributed by atoms with E-state index < -0.39 is 23.3 Å². The van der Waals surface area contributed by atoms with Crippen molar-refractivity contribution in [2.24, 2.45) is 0 Å². The number of benzene rings is 1. The Morgan fingerprint density at radius 1 is 1.39 bits per heavy atom. The molecule has 0 saturated carbocycles. The highest BCUT2D eigenvalue weighted by atomic mass is 35.5. The monoisotopic (exact) mass is 402 g/mol. The van der Waals surface area contributed by atoms with Gasteiger partial charge in [0, 0.05) is 11.6 Å². The molecule has 0 radical (unpaired) electrons. The van der Waals surface area contributed by atoms with Crippen LogP contribution in [0.4, 0.5) is 0 Å². The lowest BCUT2D eigenvalue weighted by Crippen LogP contribution is -2.40. The fraction of sp³-hybridized carbons (Fsp3) is 0.263. The largest absolute Gasteiger partial charge is 0.464 e. The molecule has 3 rings (SSSR count). The number of fused-ring (bicyclic) bond motifs is 1. The summed E-state index contributed by atoms with van der Waals surface area (Å²) in [6.45, 7) is 7.13. The number of rotatable bonds is 6. The van der Waals surface area contributed by atoms with Gasteiger partial charge in [-0.25, -0.2) is 19.1 Å². The van der Waals surface area contributed by atoms with Crippen molar-refractivity contribution in [1.82, 2.24) is 18.7 Å². The van der Waals surface area contributed by atoms with Gasteiger partial charge in [0.05, 0.1) is 18.6 Å². The summed E-state index contributed by atoms with van der Waals surface area (Å²) in [5, 5.41) is 0.429. The molecule has 2 aromatic heterocycles. The third-order valence-electron chi connectivity index (χ3n) is 4.28. The Morgan fingerprint density at radius 3 is 2.79 bits per heavy atom. The predicted molar refractivity (Wildman–Crippen MR) is 106 cm³/mol. The van der Waals surface area contributed by atoms with E-state index in [1.165, 1.54) is 21.5 Å². The second-order valence-corrected chi connectivity index (χ2v) is 6.49. The summed E-state index contributed by atoms with van der Waals surface area (Å²) < 4.78 is 8.79. The van der Waals surface area contributed by atoms with Gasteiger partial charge in [-0.15, -0.1) is 6.58 Å². The zero-order valence-electron chi connectivity index (χ0n) is 15.5. The summed E-state index contributed by atoms with van der Waals surface area (Å²) in [6.07, 6.45) is 2.80. The van der Waals surface area contributed by atoms with Gasteiger partial charge in [-0.1, -0.05) is 23.7 Å². The number of carbonyl (C=O) groups excluding carboxylic acids is 1. The standard InChI is InChI=1S/C19H19ClN4O4/c1-4-9-22-17(25)15-16(21-11-23(15)12(3)18(26)28-5-2)24(19(22)27)14-8-6-7-13(20)10-14/h4,6-8,10-12H,1,5,9H2,2-3H3. The molecule has 1 unspecified atom stereocenters. The molecule has 0 N–H and O–H groups in total. The zero-order chi connectivity index (χ0) is 20.4. The molecule has 0 spiro atoms. The van der Waals surface area contributed by atoms with E-state index in [4.69, 9.17) is 16.3 Å². The third-order valence-corrected chi connectivity index (χ3v) is 4.51. The minimum atomic E-state index is -0.792. The summed E-state index contributed by atoms with van der Waals surface area (Å²) in [5.41, 5.74) is -0.439. The first-order chi connectivity index (χ1) is 13.4. The summed E-state index contributed by atoms with van der Waals surface area (Å²) in [4.78, 5) is 42.5. The maximum Gasteiger partial charge on any atom is 0.337 e. The van der Waals surface area contributed by atoms with Gasteiger partial charge in [-0.3, -0.25) is 9.36 Å². The molecule has 0 aliphatic carbocycles. The van der Waals surface area contributed by atoms with Gasteiger partial charge in [0.1, 0.15) is 6.04 Å². The van der Waals surface area contributed by atoms with Gasteiger partial charge in [0.25, 0.3) is 5.56 Å². The number of imidazole rings is 1. The molecular weight excluding hydrogens is 384 g/mol. The number of aromatic nitrogens is 4. The highest BCUT2D eigenvalue weighted by Crippen LogP contribution is 2.19. The molecule has 3 aromatic rings. The molecule has 1 aromatic carbocycles. The van der Waals surface area contributed by atoms with Crippen LogP contribution in [0.1, 0.15) is 19.9 Å². The van der Waals surface area contributed by atoms with E-state index in [0.29, 0.717) is 10.7 Å². The van der Waals surface area contributed by atoms with E-state index in [1.54, 1.807) is 38.1 Å². The van der Waals surface area contributed by atoms with Gasteiger partial charge < -0.3 is 9.30 Å². The molecule has 0 fully saturated rings. The number of hydrogen-bond donors (Lipinski definition) is 0. The van der Waals surface area contributed by atoms with Crippen molar-refractivity contribution < 1.29 is 9.53 Å². The molecular formula is C19H19ClN4O4. The van der Waals surface area contributed by atoms with E-state index in [9.17, 15) is 14.4 Å². The number of ether oxygens (including phenoxy) is 1. The average molecular weight is 403 g/mol.